The van der Waals surface area contributed by atoms with Gasteiger partial charge >= 0.3 is 0 Å². The third kappa shape index (κ3) is 2.06. The number of rotatable bonds is 1. The summed E-state index contributed by atoms with van der Waals surface area (Å²) in [6.45, 7) is 1.59. The SMILES string of the molecule is Cc1nc2c(O)cccc2c(=O)n1C1CCC(=O)NC1=O. The van der Waals surface area contributed by atoms with Gasteiger partial charge in [0.05, 0.1) is 5.39 Å². The molecule has 3 rings (SSSR count). The van der Waals surface area contributed by atoms with E-state index in [9.17, 15) is 19.5 Å². The summed E-state index contributed by atoms with van der Waals surface area (Å²) in [5.74, 6) is -0.599. The summed E-state index contributed by atoms with van der Waals surface area (Å²) in [5.41, 5.74) is -0.188. The number of aryl methyl sites for hydroxylation is 1. The highest BCUT2D eigenvalue weighted by Crippen LogP contribution is 2.23. The highest BCUT2D eigenvalue weighted by Gasteiger charge is 2.30. The monoisotopic (exact) mass is 287 g/mol. The molecule has 1 aliphatic heterocycles. The van der Waals surface area contributed by atoms with E-state index in [4.69, 9.17) is 0 Å². The molecular formula is C14H13N3O4. The van der Waals surface area contributed by atoms with Gasteiger partial charge in [0.25, 0.3) is 5.56 Å². The first kappa shape index (κ1) is 13.3. The van der Waals surface area contributed by atoms with E-state index in [0.29, 0.717) is 5.82 Å². The molecule has 7 heteroatoms. The van der Waals surface area contributed by atoms with E-state index in [0.717, 1.165) is 0 Å². The number of hydrogen-bond donors (Lipinski definition) is 2. The number of carbonyl (C=O) groups is 2. The van der Waals surface area contributed by atoms with Crippen LogP contribution in [0.3, 0.4) is 0 Å². The lowest BCUT2D eigenvalue weighted by Gasteiger charge is -2.24. The number of amides is 2. The number of nitrogens with zero attached hydrogens (tertiary/aromatic N) is 2. The maximum atomic E-state index is 12.6. The quantitative estimate of drug-likeness (QED) is 0.739. The van der Waals surface area contributed by atoms with Crippen LogP contribution in [0.2, 0.25) is 0 Å². The lowest BCUT2D eigenvalue weighted by Crippen LogP contribution is -2.45. The molecule has 0 radical (unpaired) electrons. The molecule has 7 nitrogen and oxygen atoms in total. The molecular weight excluding hydrogens is 274 g/mol. The molecule has 1 aromatic heterocycles. The highest BCUT2D eigenvalue weighted by molar-refractivity contribution is 5.99. The molecule has 0 spiro atoms. The first-order chi connectivity index (χ1) is 9.99. The second kappa shape index (κ2) is 4.69. The fourth-order valence-electron chi connectivity index (χ4n) is 2.61. The van der Waals surface area contributed by atoms with Gasteiger partial charge in [-0.3, -0.25) is 24.3 Å². The van der Waals surface area contributed by atoms with Crippen LogP contribution in [0.4, 0.5) is 0 Å². The summed E-state index contributed by atoms with van der Waals surface area (Å²) in [7, 11) is 0. The van der Waals surface area contributed by atoms with Gasteiger partial charge in [0, 0.05) is 6.42 Å². The average molecular weight is 287 g/mol. The summed E-state index contributed by atoms with van der Waals surface area (Å²) in [5, 5.41) is 12.2. The van der Waals surface area contributed by atoms with Gasteiger partial charge in [-0.05, 0) is 25.5 Å². The van der Waals surface area contributed by atoms with Gasteiger partial charge in [-0.25, -0.2) is 4.98 Å². The van der Waals surface area contributed by atoms with Gasteiger partial charge in [-0.1, -0.05) is 6.07 Å². The maximum absolute atomic E-state index is 12.6. The molecule has 0 aliphatic carbocycles. The van der Waals surface area contributed by atoms with Crippen molar-refractivity contribution in [2.24, 2.45) is 0 Å². The molecule has 2 N–H and O–H groups in total. The summed E-state index contributed by atoms with van der Waals surface area (Å²) >= 11 is 0. The number of para-hydroxylation sites is 1. The summed E-state index contributed by atoms with van der Waals surface area (Å²) in [6, 6.07) is 3.79. The number of piperidine rings is 1. The number of aromatic hydroxyl groups is 1. The van der Waals surface area contributed by atoms with E-state index < -0.39 is 17.5 Å². The number of imide groups is 1. The van der Waals surface area contributed by atoms with Crippen molar-refractivity contribution >= 4 is 22.7 Å². The van der Waals surface area contributed by atoms with E-state index >= 15 is 0 Å². The van der Waals surface area contributed by atoms with Gasteiger partial charge in [0.2, 0.25) is 11.8 Å². The number of fused-ring (bicyclic) bond motifs is 1. The average Bonchev–Trinajstić information content (AvgIpc) is 2.42. The van der Waals surface area contributed by atoms with Gasteiger partial charge in [-0.2, -0.15) is 0 Å². The molecule has 1 atom stereocenters. The number of aromatic nitrogens is 2. The number of carbonyl (C=O) groups excluding carboxylic acids is 2. The predicted molar refractivity (Wildman–Crippen MR) is 73.8 cm³/mol. The number of phenolic OH excluding ortho intramolecular Hbond substituents is 1. The minimum atomic E-state index is -0.755. The molecule has 0 saturated carbocycles. The Labute approximate surface area is 119 Å². The van der Waals surface area contributed by atoms with Crippen LogP contribution in [0.15, 0.2) is 23.0 Å². The Morgan fingerprint density at radius 2 is 2.10 bits per heavy atom. The van der Waals surface area contributed by atoms with Crippen molar-refractivity contribution in [2.75, 3.05) is 0 Å². The molecule has 2 amide bonds. The van der Waals surface area contributed by atoms with E-state index in [1.807, 2.05) is 0 Å². The summed E-state index contributed by atoms with van der Waals surface area (Å²) in [6.07, 6.45) is 0.442. The molecule has 21 heavy (non-hydrogen) atoms. The Bertz CT molecular complexity index is 825. The number of nitrogens with one attached hydrogen (secondary N) is 1. The fourth-order valence-corrected chi connectivity index (χ4v) is 2.61. The van der Waals surface area contributed by atoms with E-state index in [1.54, 1.807) is 19.1 Å². The van der Waals surface area contributed by atoms with Gasteiger partial charge < -0.3 is 5.11 Å². The molecule has 0 bridgehead atoms. The first-order valence-electron chi connectivity index (χ1n) is 6.53. The van der Waals surface area contributed by atoms with Crippen LogP contribution in [0.1, 0.15) is 24.7 Å². The van der Waals surface area contributed by atoms with Crippen LogP contribution < -0.4 is 10.9 Å². The molecule has 1 saturated heterocycles. The van der Waals surface area contributed by atoms with E-state index in [1.165, 1.54) is 10.6 Å². The minimum absolute atomic E-state index is 0.0804. The fraction of sp³-hybridized carbons (Fsp3) is 0.286. The molecule has 1 aliphatic rings. The minimum Gasteiger partial charge on any atom is -0.506 e. The smallest absolute Gasteiger partial charge is 0.262 e. The van der Waals surface area contributed by atoms with Gasteiger partial charge in [0.15, 0.2) is 0 Å². The molecule has 1 unspecified atom stereocenters. The van der Waals surface area contributed by atoms with E-state index in [-0.39, 0.29) is 35.4 Å². The standard InChI is InChI=1S/C14H13N3O4/c1-7-15-12-8(3-2-4-10(12)18)14(21)17(7)9-5-6-11(19)16-13(9)20/h2-4,9,18H,5-6H2,1H3,(H,16,19,20). The zero-order chi connectivity index (χ0) is 15.1. The Balaban J connectivity index is 2.22. The Morgan fingerprint density at radius 1 is 1.33 bits per heavy atom. The van der Waals surface area contributed by atoms with Crippen LogP contribution >= 0.6 is 0 Å². The van der Waals surface area contributed by atoms with Crippen LogP contribution in [-0.2, 0) is 9.59 Å². The first-order valence-corrected chi connectivity index (χ1v) is 6.53. The van der Waals surface area contributed by atoms with Crippen molar-refractivity contribution in [3.8, 4) is 5.75 Å². The molecule has 1 aromatic carbocycles. The molecule has 108 valence electrons. The summed E-state index contributed by atoms with van der Waals surface area (Å²) in [4.78, 5) is 39.9. The Kier molecular flexibility index (Phi) is 2.97. The predicted octanol–water partition coefficient (Wildman–Crippen LogP) is 0.388. The van der Waals surface area contributed by atoms with Crippen molar-refractivity contribution in [3.05, 3.63) is 34.4 Å². The van der Waals surface area contributed by atoms with Crippen LogP contribution in [-0.4, -0.2) is 26.5 Å². The van der Waals surface area contributed by atoms with Crippen molar-refractivity contribution < 1.29 is 14.7 Å². The largest absolute Gasteiger partial charge is 0.506 e. The zero-order valence-corrected chi connectivity index (χ0v) is 11.3. The van der Waals surface area contributed by atoms with Gasteiger partial charge in [-0.15, -0.1) is 0 Å². The number of benzene rings is 1. The Hall–Kier alpha value is -2.70. The second-order valence-corrected chi connectivity index (χ2v) is 4.97. The lowest BCUT2D eigenvalue weighted by molar-refractivity contribution is -0.135. The third-order valence-corrected chi connectivity index (χ3v) is 3.61. The second-order valence-electron chi connectivity index (χ2n) is 4.97. The van der Waals surface area contributed by atoms with Crippen molar-refractivity contribution in [1.82, 2.24) is 14.9 Å². The van der Waals surface area contributed by atoms with Crippen molar-refractivity contribution in [1.29, 1.82) is 0 Å². The van der Waals surface area contributed by atoms with Crippen LogP contribution in [0.25, 0.3) is 10.9 Å². The normalized spacial score (nSPS) is 18.8. The maximum Gasteiger partial charge on any atom is 0.262 e. The van der Waals surface area contributed by atoms with Crippen molar-refractivity contribution in [2.45, 2.75) is 25.8 Å². The number of hydrogen-bond acceptors (Lipinski definition) is 5. The van der Waals surface area contributed by atoms with Gasteiger partial charge in [0.1, 0.15) is 23.1 Å². The van der Waals surface area contributed by atoms with Crippen molar-refractivity contribution in [3.63, 3.8) is 0 Å². The molecule has 2 heterocycles. The Morgan fingerprint density at radius 3 is 2.81 bits per heavy atom. The highest BCUT2D eigenvalue weighted by atomic mass is 16.3. The molecule has 2 aromatic rings. The topological polar surface area (TPSA) is 101 Å². The van der Waals surface area contributed by atoms with Crippen LogP contribution in [0.5, 0.6) is 5.75 Å². The van der Waals surface area contributed by atoms with E-state index in [2.05, 4.69) is 10.3 Å². The van der Waals surface area contributed by atoms with Crippen LogP contribution in [0, 0.1) is 6.92 Å². The number of phenols is 1. The third-order valence-electron chi connectivity index (χ3n) is 3.61. The summed E-state index contributed by atoms with van der Waals surface area (Å²) < 4.78 is 1.28. The molecule has 1 fully saturated rings. The zero-order valence-electron chi connectivity index (χ0n) is 11.3. The lowest BCUT2D eigenvalue weighted by atomic mass is 10.1.